The molecule has 0 spiro atoms. The molecular formula is C21H28N2O4S. The maximum Gasteiger partial charge on any atom is 0.261 e. The minimum atomic E-state index is -3.74. The normalized spacial score (nSPS) is 13.8. The number of amides is 1. The molecule has 0 heterocycles. The molecule has 0 aliphatic rings. The summed E-state index contributed by atoms with van der Waals surface area (Å²) >= 11 is 0. The maximum absolute atomic E-state index is 12.5. The first-order chi connectivity index (χ1) is 13.0. The number of nitrogens with two attached hydrogens (primary N) is 1. The Morgan fingerprint density at radius 2 is 1.64 bits per heavy atom. The van der Waals surface area contributed by atoms with Crippen molar-refractivity contribution in [2.24, 2.45) is 5.14 Å². The average Bonchev–Trinajstić information content (AvgIpc) is 2.60. The quantitative estimate of drug-likeness (QED) is 0.739. The molecule has 2 aromatic rings. The summed E-state index contributed by atoms with van der Waals surface area (Å²) in [5, 5.41) is 7.97. The molecule has 7 heteroatoms. The van der Waals surface area contributed by atoms with E-state index < -0.39 is 16.1 Å². The van der Waals surface area contributed by atoms with Gasteiger partial charge < -0.3 is 10.1 Å². The van der Waals surface area contributed by atoms with Crippen LogP contribution in [0, 0.1) is 6.92 Å². The van der Waals surface area contributed by atoms with E-state index in [1.54, 1.807) is 19.1 Å². The van der Waals surface area contributed by atoms with Gasteiger partial charge in [0.1, 0.15) is 5.75 Å². The molecule has 3 N–H and O–H groups in total. The fourth-order valence-electron chi connectivity index (χ4n) is 2.99. The first-order valence-corrected chi connectivity index (χ1v) is 10.7. The Morgan fingerprint density at radius 3 is 2.14 bits per heavy atom. The molecule has 0 radical (unpaired) electrons. The number of aryl methyl sites for hydroxylation is 1. The van der Waals surface area contributed by atoms with E-state index in [4.69, 9.17) is 9.88 Å². The molecule has 2 rings (SSSR count). The summed E-state index contributed by atoms with van der Waals surface area (Å²) in [6.07, 6.45) is -0.671. The second kappa shape index (κ2) is 8.75. The van der Waals surface area contributed by atoms with Crippen molar-refractivity contribution in [3.8, 4) is 5.75 Å². The lowest BCUT2D eigenvalue weighted by Gasteiger charge is -2.20. The van der Waals surface area contributed by atoms with Crippen LogP contribution < -0.4 is 15.2 Å². The van der Waals surface area contributed by atoms with Crippen LogP contribution in [0.25, 0.3) is 0 Å². The lowest BCUT2D eigenvalue weighted by atomic mass is 9.98. The largest absolute Gasteiger partial charge is 0.481 e. The Morgan fingerprint density at radius 1 is 1.04 bits per heavy atom. The van der Waals surface area contributed by atoms with Crippen LogP contribution in [0.2, 0.25) is 0 Å². The first kappa shape index (κ1) is 21.9. The van der Waals surface area contributed by atoms with Gasteiger partial charge in [-0.15, -0.1) is 0 Å². The molecule has 0 aliphatic carbocycles. The highest BCUT2D eigenvalue weighted by Gasteiger charge is 2.19. The summed E-state index contributed by atoms with van der Waals surface area (Å²) in [5.74, 6) is 0.819. The molecule has 0 fully saturated rings. The summed E-state index contributed by atoms with van der Waals surface area (Å²) in [7, 11) is -3.74. The minimum absolute atomic E-state index is 0.0340. The van der Waals surface area contributed by atoms with Crippen molar-refractivity contribution in [2.75, 3.05) is 0 Å². The van der Waals surface area contributed by atoms with E-state index in [0.29, 0.717) is 11.7 Å². The van der Waals surface area contributed by atoms with Crippen molar-refractivity contribution in [2.45, 2.75) is 57.6 Å². The number of sulfonamides is 1. The lowest BCUT2D eigenvalue weighted by molar-refractivity contribution is -0.127. The van der Waals surface area contributed by atoms with Gasteiger partial charge in [0, 0.05) is 0 Å². The van der Waals surface area contributed by atoms with Crippen molar-refractivity contribution < 1.29 is 17.9 Å². The molecule has 2 atom stereocenters. The average molecular weight is 405 g/mol. The van der Waals surface area contributed by atoms with Crippen LogP contribution in [0.3, 0.4) is 0 Å². The van der Waals surface area contributed by atoms with E-state index in [2.05, 4.69) is 19.2 Å². The predicted octanol–water partition coefficient (Wildman–Crippen LogP) is 3.41. The molecule has 1 amide bonds. The number of hydrogen-bond acceptors (Lipinski definition) is 4. The van der Waals surface area contributed by atoms with Gasteiger partial charge in [-0.2, -0.15) is 0 Å². The summed E-state index contributed by atoms with van der Waals surface area (Å²) in [6, 6.07) is 11.6. The number of nitrogens with one attached hydrogen (secondary N) is 1. The highest BCUT2D eigenvalue weighted by atomic mass is 32.2. The number of carbonyl (C=O) groups is 1. The van der Waals surface area contributed by atoms with Gasteiger partial charge in [-0.3, -0.25) is 4.79 Å². The van der Waals surface area contributed by atoms with Crippen LogP contribution in [0.1, 0.15) is 56.3 Å². The van der Waals surface area contributed by atoms with Crippen LogP contribution >= 0.6 is 0 Å². The summed E-state index contributed by atoms with van der Waals surface area (Å²) in [5.41, 5.74) is 3.15. The number of hydrogen-bond donors (Lipinski definition) is 2. The molecule has 152 valence electrons. The SMILES string of the molecule is Cc1cc(OC(C)C(=O)NC(C)c2ccc(S(N)(=O)=O)cc2)ccc1C(C)C. The van der Waals surface area contributed by atoms with Gasteiger partial charge in [-0.25, -0.2) is 13.6 Å². The van der Waals surface area contributed by atoms with Crippen molar-refractivity contribution >= 4 is 15.9 Å². The van der Waals surface area contributed by atoms with Gasteiger partial charge >= 0.3 is 0 Å². The van der Waals surface area contributed by atoms with Gasteiger partial charge in [-0.1, -0.05) is 32.0 Å². The molecule has 0 bridgehead atoms. The summed E-state index contributed by atoms with van der Waals surface area (Å²) < 4.78 is 28.4. The highest BCUT2D eigenvalue weighted by Crippen LogP contribution is 2.24. The van der Waals surface area contributed by atoms with Crippen molar-refractivity contribution in [1.29, 1.82) is 0 Å². The zero-order valence-electron chi connectivity index (χ0n) is 16.9. The summed E-state index contributed by atoms with van der Waals surface area (Å²) in [4.78, 5) is 12.5. The second-order valence-electron chi connectivity index (χ2n) is 7.28. The Hall–Kier alpha value is -2.38. The van der Waals surface area contributed by atoms with E-state index in [-0.39, 0.29) is 16.8 Å². The zero-order valence-corrected chi connectivity index (χ0v) is 17.7. The second-order valence-corrected chi connectivity index (χ2v) is 8.84. The molecule has 0 saturated carbocycles. The fraction of sp³-hybridized carbons (Fsp3) is 0.381. The van der Waals surface area contributed by atoms with Crippen LogP contribution in [-0.4, -0.2) is 20.4 Å². The Balaban J connectivity index is 2.00. The number of benzene rings is 2. The van der Waals surface area contributed by atoms with E-state index in [9.17, 15) is 13.2 Å². The number of primary sulfonamides is 1. The molecular weight excluding hydrogens is 376 g/mol. The van der Waals surface area contributed by atoms with E-state index in [1.807, 2.05) is 32.0 Å². The van der Waals surface area contributed by atoms with Gasteiger partial charge in [0.2, 0.25) is 10.0 Å². The molecule has 6 nitrogen and oxygen atoms in total. The standard InChI is InChI=1S/C21H28N2O4S/c1-13(2)20-11-8-18(12-14(20)3)27-16(5)21(24)23-15(4)17-6-9-19(10-7-17)28(22,25)26/h6-13,15-16H,1-5H3,(H,23,24)(H2,22,25,26). The highest BCUT2D eigenvalue weighted by molar-refractivity contribution is 7.89. The number of ether oxygens (including phenoxy) is 1. The van der Waals surface area contributed by atoms with Crippen LogP contribution in [0.15, 0.2) is 47.4 Å². The third-order valence-corrected chi connectivity index (χ3v) is 5.54. The molecule has 0 aliphatic heterocycles. The van der Waals surface area contributed by atoms with Gasteiger partial charge in [-0.05, 0) is 67.6 Å². The number of carbonyl (C=O) groups excluding carboxylic acids is 1. The lowest BCUT2D eigenvalue weighted by Crippen LogP contribution is -2.37. The van der Waals surface area contributed by atoms with Gasteiger partial charge in [0.15, 0.2) is 6.10 Å². The molecule has 2 aromatic carbocycles. The molecule has 0 aromatic heterocycles. The first-order valence-electron chi connectivity index (χ1n) is 9.19. The van der Waals surface area contributed by atoms with Crippen molar-refractivity contribution in [3.05, 3.63) is 59.2 Å². The molecule has 28 heavy (non-hydrogen) atoms. The van der Waals surface area contributed by atoms with Gasteiger partial charge in [0.25, 0.3) is 5.91 Å². The number of rotatable bonds is 7. The molecule has 0 saturated heterocycles. The van der Waals surface area contributed by atoms with Crippen molar-refractivity contribution in [1.82, 2.24) is 5.32 Å². The Labute approximate surface area is 167 Å². The molecule has 2 unspecified atom stereocenters. The smallest absolute Gasteiger partial charge is 0.261 e. The van der Waals surface area contributed by atoms with Crippen LogP contribution in [-0.2, 0) is 14.8 Å². The fourth-order valence-corrected chi connectivity index (χ4v) is 3.50. The maximum atomic E-state index is 12.5. The predicted molar refractivity (Wildman–Crippen MR) is 110 cm³/mol. The monoisotopic (exact) mass is 404 g/mol. The third-order valence-electron chi connectivity index (χ3n) is 4.61. The summed E-state index contributed by atoms with van der Waals surface area (Å²) in [6.45, 7) is 9.81. The van der Waals surface area contributed by atoms with Crippen LogP contribution in [0.5, 0.6) is 5.75 Å². The zero-order chi connectivity index (χ0) is 21.1. The van der Waals surface area contributed by atoms with E-state index in [1.165, 1.54) is 17.7 Å². The van der Waals surface area contributed by atoms with E-state index in [0.717, 1.165) is 11.1 Å². The topological polar surface area (TPSA) is 98.5 Å². The van der Waals surface area contributed by atoms with Crippen molar-refractivity contribution in [3.63, 3.8) is 0 Å². The Bertz CT molecular complexity index is 937. The van der Waals surface area contributed by atoms with Crippen LogP contribution in [0.4, 0.5) is 0 Å². The Kier molecular flexibility index (Phi) is 6.85. The van der Waals surface area contributed by atoms with Gasteiger partial charge in [0.05, 0.1) is 10.9 Å². The van der Waals surface area contributed by atoms with E-state index >= 15 is 0 Å². The third kappa shape index (κ3) is 5.56. The minimum Gasteiger partial charge on any atom is -0.481 e.